The zero-order chi connectivity index (χ0) is 19.6. The monoisotopic (exact) mass is 371 g/mol. The summed E-state index contributed by atoms with van der Waals surface area (Å²) >= 11 is 0. The first kappa shape index (κ1) is 20.3. The van der Waals surface area contributed by atoms with Crippen LogP contribution in [0.2, 0.25) is 0 Å². The van der Waals surface area contributed by atoms with E-state index in [-0.39, 0.29) is 11.9 Å². The van der Waals surface area contributed by atoms with E-state index in [1.807, 2.05) is 14.1 Å². The zero-order valence-electron chi connectivity index (χ0n) is 15.9. The number of rotatable bonds is 9. The van der Waals surface area contributed by atoms with Gasteiger partial charge in [0.2, 0.25) is 0 Å². The molecule has 0 spiro atoms. The van der Waals surface area contributed by atoms with E-state index in [4.69, 9.17) is 4.74 Å². The number of esters is 1. The first-order valence-electron chi connectivity index (χ1n) is 8.78. The highest BCUT2D eigenvalue weighted by Crippen LogP contribution is 2.16. The van der Waals surface area contributed by atoms with Crippen molar-refractivity contribution in [2.45, 2.75) is 13.3 Å². The summed E-state index contributed by atoms with van der Waals surface area (Å²) in [6.07, 6.45) is 2.20. The topological polar surface area (TPSA) is 96.4 Å². The highest BCUT2D eigenvalue weighted by atomic mass is 16.5. The smallest absolute Gasteiger partial charge is 0.338 e. The van der Waals surface area contributed by atoms with Crippen molar-refractivity contribution < 1.29 is 14.3 Å². The quantitative estimate of drug-likeness (QED) is 0.514. The van der Waals surface area contributed by atoms with Crippen molar-refractivity contribution in [3.8, 4) is 0 Å². The molecule has 2 rings (SSSR count). The minimum atomic E-state index is -0.362. The van der Waals surface area contributed by atoms with Gasteiger partial charge < -0.3 is 20.3 Å². The second-order valence-corrected chi connectivity index (χ2v) is 6.12. The Balaban J connectivity index is 1.95. The van der Waals surface area contributed by atoms with Crippen molar-refractivity contribution in [1.29, 1.82) is 0 Å². The summed E-state index contributed by atoms with van der Waals surface area (Å²) in [5, 5.41) is 5.93. The van der Waals surface area contributed by atoms with Crippen LogP contribution in [-0.2, 0) is 4.74 Å². The van der Waals surface area contributed by atoms with E-state index in [9.17, 15) is 9.59 Å². The van der Waals surface area contributed by atoms with Crippen LogP contribution in [0.5, 0.6) is 0 Å². The van der Waals surface area contributed by atoms with Gasteiger partial charge in [0.25, 0.3) is 5.91 Å². The fourth-order valence-corrected chi connectivity index (χ4v) is 2.29. The Morgan fingerprint density at radius 2 is 1.89 bits per heavy atom. The molecule has 0 saturated heterocycles. The molecule has 0 saturated carbocycles. The van der Waals surface area contributed by atoms with Crippen molar-refractivity contribution in [3.63, 3.8) is 0 Å². The molecular formula is C19H25N5O3. The van der Waals surface area contributed by atoms with E-state index in [2.05, 4.69) is 25.5 Å². The van der Waals surface area contributed by atoms with Crippen molar-refractivity contribution in [1.82, 2.24) is 20.2 Å². The van der Waals surface area contributed by atoms with Gasteiger partial charge in [-0.05, 0) is 58.3 Å². The lowest BCUT2D eigenvalue weighted by atomic mass is 10.2. The van der Waals surface area contributed by atoms with Crippen molar-refractivity contribution in [3.05, 3.63) is 47.9 Å². The van der Waals surface area contributed by atoms with Gasteiger partial charge in [0.05, 0.1) is 12.2 Å². The molecule has 0 bridgehead atoms. The van der Waals surface area contributed by atoms with Crippen LogP contribution in [0, 0.1) is 0 Å². The van der Waals surface area contributed by atoms with Crippen molar-refractivity contribution in [2.75, 3.05) is 39.1 Å². The average Bonchev–Trinajstić information content (AvgIpc) is 2.66. The average molecular weight is 371 g/mol. The second-order valence-electron chi connectivity index (χ2n) is 6.12. The normalized spacial score (nSPS) is 10.5. The fraction of sp³-hybridized carbons (Fsp3) is 0.368. The standard InChI is InChI=1S/C19H25N5O3/c1-4-27-19(26)14-6-8-15(9-7-14)23-17-12-16(21-13-22-17)18(25)20-10-5-11-24(2)3/h6-9,12-13H,4-5,10-11H2,1-3H3,(H,20,25)(H,21,22,23). The van der Waals surface area contributed by atoms with Crippen LogP contribution in [0.15, 0.2) is 36.7 Å². The number of carbonyl (C=O) groups excluding carboxylic acids is 2. The van der Waals surface area contributed by atoms with E-state index in [0.29, 0.717) is 30.2 Å². The van der Waals surface area contributed by atoms with Gasteiger partial charge in [-0.3, -0.25) is 4.79 Å². The Labute approximate surface area is 159 Å². The third-order valence-corrected chi connectivity index (χ3v) is 3.64. The third-order valence-electron chi connectivity index (χ3n) is 3.64. The Morgan fingerprint density at radius 3 is 2.56 bits per heavy atom. The SMILES string of the molecule is CCOC(=O)c1ccc(Nc2cc(C(=O)NCCCN(C)C)ncn2)cc1. The molecule has 1 aromatic carbocycles. The Kier molecular flexibility index (Phi) is 7.69. The number of anilines is 2. The molecule has 8 nitrogen and oxygen atoms in total. The summed E-state index contributed by atoms with van der Waals surface area (Å²) in [7, 11) is 3.98. The van der Waals surface area contributed by atoms with Crippen LogP contribution < -0.4 is 10.6 Å². The van der Waals surface area contributed by atoms with Crippen LogP contribution in [0.25, 0.3) is 0 Å². The molecule has 144 valence electrons. The number of hydrogen-bond donors (Lipinski definition) is 2. The predicted octanol–water partition coefficient (Wildman–Crippen LogP) is 2.08. The van der Waals surface area contributed by atoms with Crippen LogP contribution in [0.4, 0.5) is 11.5 Å². The zero-order valence-corrected chi connectivity index (χ0v) is 15.9. The molecule has 0 radical (unpaired) electrons. The van der Waals surface area contributed by atoms with Crippen LogP contribution in [-0.4, -0.2) is 60.5 Å². The fourth-order valence-electron chi connectivity index (χ4n) is 2.29. The molecule has 8 heteroatoms. The molecule has 1 amide bonds. The Morgan fingerprint density at radius 1 is 1.15 bits per heavy atom. The van der Waals surface area contributed by atoms with Gasteiger partial charge in [-0.2, -0.15) is 0 Å². The van der Waals surface area contributed by atoms with Gasteiger partial charge in [-0.1, -0.05) is 0 Å². The molecule has 2 aromatic rings. The van der Waals surface area contributed by atoms with Gasteiger partial charge >= 0.3 is 5.97 Å². The number of ether oxygens (including phenoxy) is 1. The number of amides is 1. The summed E-state index contributed by atoms with van der Waals surface area (Å²) in [5.41, 5.74) is 1.50. The van der Waals surface area contributed by atoms with Crippen LogP contribution >= 0.6 is 0 Å². The number of benzene rings is 1. The highest BCUT2D eigenvalue weighted by Gasteiger charge is 2.09. The molecule has 1 aromatic heterocycles. The van der Waals surface area contributed by atoms with Gasteiger partial charge in [-0.25, -0.2) is 14.8 Å². The summed E-state index contributed by atoms with van der Waals surface area (Å²) in [6.45, 7) is 3.58. The first-order valence-corrected chi connectivity index (χ1v) is 8.78. The van der Waals surface area contributed by atoms with Crippen LogP contribution in [0.1, 0.15) is 34.2 Å². The molecule has 0 aliphatic heterocycles. The number of nitrogens with one attached hydrogen (secondary N) is 2. The van der Waals surface area contributed by atoms with E-state index in [1.165, 1.54) is 6.33 Å². The largest absolute Gasteiger partial charge is 0.462 e. The van der Waals surface area contributed by atoms with Crippen LogP contribution in [0.3, 0.4) is 0 Å². The number of carbonyl (C=O) groups is 2. The summed E-state index contributed by atoms with van der Waals surface area (Å²) in [6, 6.07) is 8.41. The molecule has 0 unspecified atom stereocenters. The minimum Gasteiger partial charge on any atom is -0.462 e. The lowest BCUT2D eigenvalue weighted by molar-refractivity contribution is 0.0526. The molecule has 0 atom stereocenters. The number of hydrogen-bond acceptors (Lipinski definition) is 7. The van der Waals surface area contributed by atoms with E-state index < -0.39 is 0 Å². The number of nitrogens with zero attached hydrogens (tertiary/aromatic N) is 3. The van der Waals surface area contributed by atoms with E-state index in [1.54, 1.807) is 37.3 Å². The molecule has 2 N–H and O–H groups in total. The van der Waals surface area contributed by atoms with Crippen molar-refractivity contribution in [2.24, 2.45) is 0 Å². The minimum absolute atomic E-state index is 0.239. The first-order chi connectivity index (χ1) is 13.0. The van der Waals surface area contributed by atoms with E-state index in [0.717, 1.165) is 18.7 Å². The maximum atomic E-state index is 12.2. The maximum Gasteiger partial charge on any atom is 0.338 e. The predicted molar refractivity (Wildman–Crippen MR) is 103 cm³/mol. The van der Waals surface area contributed by atoms with Gasteiger partial charge in [-0.15, -0.1) is 0 Å². The molecule has 0 fully saturated rings. The summed E-state index contributed by atoms with van der Waals surface area (Å²) in [5.74, 6) is -0.108. The molecule has 27 heavy (non-hydrogen) atoms. The Bertz CT molecular complexity index is 762. The Hall–Kier alpha value is -3.00. The molecule has 1 heterocycles. The molecule has 0 aliphatic rings. The molecular weight excluding hydrogens is 346 g/mol. The second kappa shape index (κ2) is 10.2. The molecule has 0 aliphatic carbocycles. The van der Waals surface area contributed by atoms with Gasteiger partial charge in [0.15, 0.2) is 0 Å². The summed E-state index contributed by atoms with van der Waals surface area (Å²) in [4.78, 5) is 34.1. The number of aromatic nitrogens is 2. The van der Waals surface area contributed by atoms with Crippen molar-refractivity contribution >= 4 is 23.4 Å². The lowest BCUT2D eigenvalue weighted by Crippen LogP contribution is -2.27. The highest BCUT2D eigenvalue weighted by molar-refractivity contribution is 5.93. The summed E-state index contributed by atoms with van der Waals surface area (Å²) < 4.78 is 4.95. The third kappa shape index (κ3) is 6.67. The lowest BCUT2D eigenvalue weighted by Gasteiger charge is -2.10. The van der Waals surface area contributed by atoms with E-state index >= 15 is 0 Å². The van der Waals surface area contributed by atoms with Gasteiger partial charge in [0, 0.05) is 18.3 Å². The maximum absolute atomic E-state index is 12.2. The van der Waals surface area contributed by atoms with Gasteiger partial charge in [0.1, 0.15) is 17.8 Å².